The van der Waals surface area contributed by atoms with E-state index in [1.54, 1.807) is 18.2 Å². The van der Waals surface area contributed by atoms with Crippen LogP contribution in [0.2, 0.25) is 0 Å². The topological polar surface area (TPSA) is 125 Å². The second-order valence-corrected chi connectivity index (χ2v) is 8.75. The van der Waals surface area contributed by atoms with Crippen molar-refractivity contribution >= 4 is 28.4 Å². The molecule has 0 N–H and O–H groups in total. The van der Waals surface area contributed by atoms with Crippen molar-refractivity contribution in [1.82, 2.24) is 19.9 Å². The maximum atomic E-state index is 12.8. The lowest BCUT2D eigenvalue weighted by molar-refractivity contribution is -0.140. The fraction of sp³-hybridized carbons (Fsp3) is 0.280. The molecule has 1 amide bonds. The summed E-state index contributed by atoms with van der Waals surface area (Å²) >= 11 is 0. The predicted octanol–water partition coefficient (Wildman–Crippen LogP) is 2.43. The van der Waals surface area contributed by atoms with E-state index >= 15 is 0 Å². The number of carbonyl (C=O) groups excluding carboxylic acids is 3. The van der Waals surface area contributed by atoms with E-state index in [2.05, 4.69) is 10.3 Å². The lowest BCUT2D eigenvalue weighted by atomic mass is 9.88. The van der Waals surface area contributed by atoms with Crippen molar-refractivity contribution in [2.45, 2.75) is 33.4 Å². The minimum Gasteiger partial charge on any atom is -0.497 e. The van der Waals surface area contributed by atoms with E-state index in [0.717, 1.165) is 11.1 Å². The smallest absolute Gasteiger partial charge is 0.347 e. The zero-order chi connectivity index (χ0) is 24.9. The molecule has 0 saturated carbocycles. The molecule has 1 atom stereocenters. The van der Waals surface area contributed by atoms with Gasteiger partial charge in [0.05, 0.1) is 25.8 Å². The number of carbonyl (C=O) groups is 3. The van der Waals surface area contributed by atoms with Crippen LogP contribution in [-0.4, -0.2) is 44.5 Å². The van der Waals surface area contributed by atoms with Crippen LogP contribution >= 0.6 is 0 Å². The van der Waals surface area contributed by atoms with Crippen LogP contribution in [-0.2, 0) is 22.7 Å². The number of hydrogen-bond acceptors (Lipinski definition) is 8. The third kappa shape index (κ3) is 3.96. The number of likely N-dealkylation sites (tertiary alicyclic amines) is 1. The second kappa shape index (κ2) is 8.46. The van der Waals surface area contributed by atoms with Gasteiger partial charge in [0.1, 0.15) is 29.1 Å². The molecule has 5 rings (SSSR count). The van der Waals surface area contributed by atoms with Gasteiger partial charge in [0.15, 0.2) is 5.78 Å². The van der Waals surface area contributed by atoms with Gasteiger partial charge in [-0.05, 0) is 50.1 Å². The molecule has 10 heteroatoms. The third-order valence-corrected chi connectivity index (χ3v) is 6.24. The van der Waals surface area contributed by atoms with Crippen LogP contribution in [0.3, 0.4) is 0 Å². The number of nitrogens with zero attached hydrogens (tertiary/aromatic N) is 4. The van der Waals surface area contributed by atoms with Crippen molar-refractivity contribution in [2.75, 3.05) is 7.11 Å². The Kier molecular flexibility index (Phi) is 5.43. The number of rotatable bonds is 6. The Morgan fingerprint density at radius 1 is 1.20 bits per heavy atom. The highest BCUT2D eigenvalue weighted by Gasteiger charge is 2.45. The number of fused-ring (bicyclic) bond motifs is 2. The molecule has 2 aliphatic rings. The number of ketones is 2. The summed E-state index contributed by atoms with van der Waals surface area (Å²) in [6.45, 7) is 3.64. The molecule has 178 valence electrons. The van der Waals surface area contributed by atoms with Crippen LogP contribution < -0.4 is 10.4 Å². The summed E-state index contributed by atoms with van der Waals surface area (Å²) in [4.78, 5) is 51.8. The van der Waals surface area contributed by atoms with Gasteiger partial charge in [-0.1, -0.05) is 16.9 Å². The lowest BCUT2D eigenvalue weighted by Crippen LogP contribution is -2.26. The summed E-state index contributed by atoms with van der Waals surface area (Å²) in [5, 5.41) is 8.58. The Morgan fingerprint density at radius 3 is 2.77 bits per heavy atom. The number of benzene rings is 1. The Morgan fingerprint density at radius 2 is 2.00 bits per heavy atom. The van der Waals surface area contributed by atoms with E-state index in [9.17, 15) is 19.2 Å². The average Bonchev–Trinajstić information content (AvgIpc) is 3.36. The van der Waals surface area contributed by atoms with E-state index in [1.807, 2.05) is 19.9 Å². The summed E-state index contributed by atoms with van der Waals surface area (Å²) in [6, 6.07) is 6.39. The van der Waals surface area contributed by atoms with Gasteiger partial charge in [-0.2, -0.15) is 0 Å². The van der Waals surface area contributed by atoms with Gasteiger partial charge in [0.2, 0.25) is 5.78 Å². The van der Waals surface area contributed by atoms with Crippen LogP contribution in [0.4, 0.5) is 0 Å². The summed E-state index contributed by atoms with van der Waals surface area (Å²) in [6.07, 6.45) is 4.02. The number of Topliss-reactive ketones (excluding diaryl/α,β-unsaturated/α-hetero) is 2. The van der Waals surface area contributed by atoms with Gasteiger partial charge < -0.3 is 14.1 Å². The second-order valence-electron chi connectivity index (χ2n) is 8.75. The summed E-state index contributed by atoms with van der Waals surface area (Å²) < 4.78 is 11.7. The molecule has 0 radical (unpaired) electrons. The van der Waals surface area contributed by atoms with Crippen LogP contribution in [0.1, 0.15) is 36.3 Å². The Balaban J connectivity index is 1.36. The van der Waals surface area contributed by atoms with Crippen LogP contribution in [0.25, 0.3) is 11.0 Å². The number of methoxy groups -OCH3 is 1. The van der Waals surface area contributed by atoms with Crippen LogP contribution in [0.15, 0.2) is 62.6 Å². The maximum absolute atomic E-state index is 12.8. The fourth-order valence-corrected chi connectivity index (χ4v) is 4.67. The molecule has 3 heterocycles. The van der Waals surface area contributed by atoms with Gasteiger partial charge in [-0.25, -0.2) is 9.48 Å². The standard InChI is InChI=1S/C25H22N4O6/c1-13-6-14(2)22-19(7-13)23(31)24(32)29(22)11-16-10-28(27-26-16)12-20(30)18-9-15-8-17(34-3)4-5-21(15)35-25(18)33/h4-6,8-10,19H,7,11-12H2,1-3H3. The summed E-state index contributed by atoms with van der Waals surface area (Å²) in [7, 11) is 1.52. The van der Waals surface area contributed by atoms with E-state index in [4.69, 9.17) is 9.15 Å². The molecule has 1 aliphatic heterocycles. The number of aromatic nitrogens is 3. The summed E-state index contributed by atoms with van der Waals surface area (Å²) in [5.41, 5.74) is 2.53. The average molecular weight is 474 g/mol. The highest BCUT2D eigenvalue weighted by Crippen LogP contribution is 2.38. The molecule has 0 bridgehead atoms. The summed E-state index contributed by atoms with van der Waals surface area (Å²) in [5.74, 6) is -1.39. The molecule has 1 saturated heterocycles. The Labute approximate surface area is 199 Å². The zero-order valence-electron chi connectivity index (χ0n) is 19.4. The molecule has 1 fully saturated rings. The van der Waals surface area contributed by atoms with Gasteiger partial charge in [0, 0.05) is 11.1 Å². The number of hydrogen-bond donors (Lipinski definition) is 0. The van der Waals surface area contributed by atoms with Gasteiger partial charge in [-0.15, -0.1) is 5.10 Å². The number of allylic oxidation sites excluding steroid dienone is 4. The first-order chi connectivity index (χ1) is 16.7. The molecule has 35 heavy (non-hydrogen) atoms. The van der Waals surface area contributed by atoms with E-state index in [1.165, 1.54) is 29.0 Å². The largest absolute Gasteiger partial charge is 0.497 e. The number of amides is 1. The Bertz CT molecular complexity index is 1530. The minimum absolute atomic E-state index is 0.0622. The first-order valence-corrected chi connectivity index (χ1v) is 11.0. The predicted molar refractivity (Wildman–Crippen MR) is 124 cm³/mol. The van der Waals surface area contributed by atoms with E-state index < -0.39 is 29.0 Å². The van der Waals surface area contributed by atoms with Crippen molar-refractivity contribution in [3.63, 3.8) is 0 Å². The van der Waals surface area contributed by atoms with Crippen LogP contribution in [0, 0.1) is 5.92 Å². The molecule has 2 aromatic heterocycles. The monoisotopic (exact) mass is 474 g/mol. The minimum atomic E-state index is -0.747. The molecule has 1 aliphatic carbocycles. The van der Waals surface area contributed by atoms with Gasteiger partial charge >= 0.3 is 5.63 Å². The molecule has 0 spiro atoms. The zero-order valence-corrected chi connectivity index (χ0v) is 19.4. The SMILES string of the molecule is COc1ccc2oc(=O)c(C(=O)Cn3cc(CN4C(=O)C(=O)C5CC(C)=CC(C)=C54)nn3)cc2c1. The van der Waals surface area contributed by atoms with Crippen molar-refractivity contribution in [3.05, 3.63) is 75.1 Å². The molecule has 3 aromatic rings. The lowest BCUT2D eigenvalue weighted by Gasteiger charge is -2.23. The fourth-order valence-electron chi connectivity index (χ4n) is 4.67. The molecular weight excluding hydrogens is 452 g/mol. The Hall–Kier alpha value is -4.34. The van der Waals surface area contributed by atoms with Crippen LogP contribution in [0.5, 0.6) is 5.75 Å². The van der Waals surface area contributed by atoms with Crippen molar-refractivity contribution in [2.24, 2.45) is 5.92 Å². The quantitative estimate of drug-likeness (QED) is 0.303. The van der Waals surface area contributed by atoms with E-state index in [0.29, 0.717) is 34.5 Å². The van der Waals surface area contributed by atoms with E-state index in [-0.39, 0.29) is 18.7 Å². The van der Waals surface area contributed by atoms with Crippen molar-refractivity contribution < 1.29 is 23.5 Å². The van der Waals surface area contributed by atoms with Crippen molar-refractivity contribution in [3.8, 4) is 5.75 Å². The number of ether oxygens (including phenoxy) is 1. The third-order valence-electron chi connectivity index (χ3n) is 6.24. The molecule has 1 unspecified atom stereocenters. The first-order valence-electron chi connectivity index (χ1n) is 11.0. The van der Waals surface area contributed by atoms with Gasteiger partial charge in [0.25, 0.3) is 5.91 Å². The molecule has 10 nitrogen and oxygen atoms in total. The highest BCUT2D eigenvalue weighted by atomic mass is 16.5. The first kappa shape index (κ1) is 22.5. The molecule has 1 aromatic carbocycles. The van der Waals surface area contributed by atoms with Crippen molar-refractivity contribution in [1.29, 1.82) is 0 Å². The maximum Gasteiger partial charge on any atom is 0.347 e. The molecular formula is C25H22N4O6. The van der Waals surface area contributed by atoms with Gasteiger partial charge in [-0.3, -0.25) is 14.4 Å². The highest BCUT2D eigenvalue weighted by molar-refractivity contribution is 6.40. The normalized spacial score (nSPS) is 17.7.